The van der Waals surface area contributed by atoms with Crippen LogP contribution in [0.25, 0.3) is 22.2 Å². The van der Waals surface area contributed by atoms with Crippen molar-refractivity contribution < 1.29 is 14.0 Å². The maximum atomic E-state index is 13.8. The highest BCUT2D eigenvalue weighted by Gasteiger charge is 2.21. The average molecular weight is 355 g/mol. The minimum Gasteiger partial charge on any atom is -0.596 e. The highest BCUT2D eigenvalue weighted by molar-refractivity contribution is 6.33. The van der Waals surface area contributed by atoms with Crippen LogP contribution in [0.4, 0.5) is 4.39 Å². The highest BCUT2D eigenvalue weighted by atomic mass is 35.5. The van der Waals surface area contributed by atoms with Crippen molar-refractivity contribution in [3.8, 4) is 22.8 Å². The molecule has 0 atom stereocenters. The molecule has 0 fully saturated rings. The van der Waals surface area contributed by atoms with E-state index >= 15 is 0 Å². The van der Waals surface area contributed by atoms with Crippen LogP contribution in [0, 0.1) is 11.0 Å². The first-order chi connectivity index (χ1) is 12.1. The molecule has 4 nitrogen and oxygen atoms in total. The normalized spacial score (nSPS) is 11.0. The predicted molar refractivity (Wildman–Crippen MR) is 94.2 cm³/mol. The summed E-state index contributed by atoms with van der Waals surface area (Å²) in [4.78, 5) is 0.665. The molecule has 4 aromatic rings. The summed E-state index contributed by atoms with van der Waals surface area (Å²) < 4.78 is 19.4. The van der Waals surface area contributed by atoms with Gasteiger partial charge in [0, 0.05) is 0 Å². The third-order valence-electron chi connectivity index (χ3n) is 3.86. The molecule has 1 N–H and O–H groups in total. The van der Waals surface area contributed by atoms with E-state index in [1.165, 1.54) is 6.07 Å². The minimum atomic E-state index is -0.457. The summed E-state index contributed by atoms with van der Waals surface area (Å²) in [5.41, 5.74) is 1.62. The molecular formula is C19H12ClFN2O2. The van der Waals surface area contributed by atoms with Crippen molar-refractivity contribution in [3.63, 3.8) is 0 Å². The predicted octanol–water partition coefficient (Wildman–Crippen LogP) is 5.05. The number of ether oxygens (including phenoxy) is 1. The van der Waals surface area contributed by atoms with Gasteiger partial charge in [-0.25, -0.2) is 4.39 Å². The number of para-hydroxylation sites is 1. The molecule has 0 saturated heterocycles. The lowest BCUT2D eigenvalue weighted by Gasteiger charge is -2.06. The molecule has 1 aromatic heterocycles. The van der Waals surface area contributed by atoms with E-state index in [2.05, 4.69) is 5.10 Å². The number of nitrogens with one attached hydrogen (secondary N) is 1. The fourth-order valence-corrected chi connectivity index (χ4v) is 2.94. The Labute approximate surface area is 147 Å². The fourth-order valence-electron chi connectivity index (χ4n) is 2.72. The molecule has 0 bridgehead atoms. The number of hydrogen-bond acceptors (Lipinski definition) is 2. The Morgan fingerprint density at radius 3 is 2.56 bits per heavy atom. The number of hydrogen-bond donors (Lipinski definition) is 1. The molecule has 4 rings (SSSR count). The topological polar surface area (TPSA) is 52.0 Å². The Morgan fingerprint density at radius 1 is 1.00 bits per heavy atom. The van der Waals surface area contributed by atoms with Gasteiger partial charge in [0.1, 0.15) is 11.3 Å². The van der Waals surface area contributed by atoms with E-state index in [-0.39, 0.29) is 5.75 Å². The van der Waals surface area contributed by atoms with Gasteiger partial charge in [-0.05, 0) is 42.5 Å². The molecule has 0 unspecified atom stereocenters. The first kappa shape index (κ1) is 15.5. The monoisotopic (exact) mass is 354 g/mol. The van der Waals surface area contributed by atoms with Gasteiger partial charge in [-0.1, -0.05) is 40.7 Å². The van der Waals surface area contributed by atoms with Gasteiger partial charge in [0.15, 0.2) is 11.6 Å². The molecule has 0 spiro atoms. The smallest absolute Gasteiger partial charge is 0.260 e. The third-order valence-corrected chi connectivity index (χ3v) is 4.19. The SMILES string of the molecule is [O-][n+]1[nH]c2ccc(Oc3ccccc3F)cc2c1-c1ccccc1Cl. The first-order valence-corrected chi connectivity index (χ1v) is 7.94. The highest BCUT2D eigenvalue weighted by Crippen LogP contribution is 2.33. The van der Waals surface area contributed by atoms with E-state index in [1.54, 1.807) is 60.7 Å². The molecule has 0 amide bonds. The molecule has 0 saturated carbocycles. The Kier molecular flexibility index (Phi) is 3.78. The van der Waals surface area contributed by atoms with Gasteiger partial charge in [-0.2, -0.15) is 5.10 Å². The van der Waals surface area contributed by atoms with Crippen LogP contribution < -0.4 is 9.58 Å². The summed E-state index contributed by atoms with van der Waals surface area (Å²) in [7, 11) is 0. The van der Waals surface area contributed by atoms with Crippen LogP contribution in [0.2, 0.25) is 5.02 Å². The van der Waals surface area contributed by atoms with Gasteiger partial charge >= 0.3 is 0 Å². The first-order valence-electron chi connectivity index (χ1n) is 7.56. The van der Waals surface area contributed by atoms with Crippen LogP contribution in [0.1, 0.15) is 0 Å². The zero-order valence-corrected chi connectivity index (χ0v) is 13.6. The zero-order valence-electron chi connectivity index (χ0n) is 12.9. The number of benzene rings is 3. The van der Waals surface area contributed by atoms with E-state index < -0.39 is 5.82 Å². The molecule has 0 radical (unpaired) electrons. The van der Waals surface area contributed by atoms with Gasteiger partial charge in [-0.3, -0.25) is 0 Å². The zero-order chi connectivity index (χ0) is 17.4. The summed E-state index contributed by atoms with van der Waals surface area (Å²) in [6, 6.07) is 18.3. The lowest BCUT2D eigenvalue weighted by atomic mass is 10.1. The summed E-state index contributed by atoms with van der Waals surface area (Å²) in [6.07, 6.45) is 0. The molecule has 1 heterocycles. The number of rotatable bonds is 3. The van der Waals surface area contributed by atoms with Crippen molar-refractivity contribution in [2.75, 3.05) is 0 Å². The number of fused-ring (bicyclic) bond motifs is 1. The van der Waals surface area contributed by atoms with E-state index in [1.807, 2.05) is 0 Å². The van der Waals surface area contributed by atoms with Crippen molar-refractivity contribution in [2.24, 2.45) is 0 Å². The van der Waals surface area contributed by atoms with Crippen LogP contribution in [0.15, 0.2) is 66.7 Å². The molecule has 3 aromatic carbocycles. The van der Waals surface area contributed by atoms with E-state index in [9.17, 15) is 9.60 Å². The Morgan fingerprint density at radius 2 is 1.76 bits per heavy atom. The van der Waals surface area contributed by atoms with Crippen LogP contribution in [0.3, 0.4) is 0 Å². The van der Waals surface area contributed by atoms with Crippen LogP contribution in [-0.4, -0.2) is 5.10 Å². The summed E-state index contributed by atoms with van der Waals surface area (Å²) >= 11 is 6.23. The van der Waals surface area contributed by atoms with Crippen molar-refractivity contribution in [2.45, 2.75) is 0 Å². The largest absolute Gasteiger partial charge is 0.596 e. The van der Waals surface area contributed by atoms with Crippen molar-refractivity contribution in [3.05, 3.63) is 82.8 Å². The Balaban J connectivity index is 1.84. The summed E-state index contributed by atoms with van der Waals surface area (Å²) in [5.74, 6) is 0.0825. The van der Waals surface area contributed by atoms with Crippen molar-refractivity contribution in [1.82, 2.24) is 5.10 Å². The molecular weight excluding hydrogens is 343 g/mol. The molecule has 0 aliphatic rings. The molecule has 25 heavy (non-hydrogen) atoms. The van der Waals surface area contributed by atoms with Crippen LogP contribution >= 0.6 is 11.6 Å². The van der Waals surface area contributed by atoms with Crippen LogP contribution in [0.5, 0.6) is 11.5 Å². The number of aromatic amines is 1. The van der Waals surface area contributed by atoms with Crippen molar-refractivity contribution in [1.29, 1.82) is 0 Å². The maximum Gasteiger partial charge on any atom is 0.260 e. The lowest BCUT2D eigenvalue weighted by molar-refractivity contribution is -0.651. The van der Waals surface area contributed by atoms with Crippen LogP contribution in [-0.2, 0) is 0 Å². The maximum absolute atomic E-state index is 13.8. The van der Waals surface area contributed by atoms with Gasteiger partial charge in [-0.15, -0.1) is 0 Å². The second-order valence-corrected chi connectivity index (χ2v) is 5.88. The summed E-state index contributed by atoms with van der Waals surface area (Å²) in [5, 5.41) is 16.1. The summed E-state index contributed by atoms with van der Waals surface area (Å²) in [6.45, 7) is 0. The second kappa shape index (κ2) is 6.11. The van der Waals surface area contributed by atoms with Gasteiger partial charge in [0.2, 0.25) is 0 Å². The van der Waals surface area contributed by atoms with E-state index in [0.717, 1.165) is 0 Å². The average Bonchev–Trinajstić information content (AvgIpc) is 2.93. The van der Waals surface area contributed by atoms with Gasteiger partial charge < -0.3 is 9.94 Å². The van der Waals surface area contributed by atoms with Gasteiger partial charge in [0.05, 0.1) is 16.0 Å². The number of aromatic nitrogens is 2. The molecule has 6 heteroatoms. The second-order valence-electron chi connectivity index (χ2n) is 5.47. The van der Waals surface area contributed by atoms with Gasteiger partial charge in [0.25, 0.3) is 5.69 Å². The van der Waals surface area contributed by atoms with E-state index in [4.69, 9.17) is 16.3 Å². The standard InChI is InChI=1S/C19H12ClFN2O2/c20-15-6-2-1-5-13(15)19-14-11-12(9-10-17(14)22-23(19)24)25-18-8-4-3-7-16(18)21/h1-11,22H. The Bertz CT molecular complexity index is 1080. The number of nitrogens with zero attached hydrogens (tertiary/aromatic N) is 1. The number of H-pyrrole nitrogens is 1. The molecule has 0 aliphatic heterocycles. The quantitative estimate of drug-likeness (QED) is 0.413. The van der Waals surface area contributed by atoms with Crippen molar-refractivity contribution >= 4 is 22.5 Å². The fraction of sp³-hybridized carbons (Fsp3) is 0. The molecule has 124 valence electrons. The molecule has 0 aliphatic carbocycles. The third kappa shape index (κ3) is 2.79. The lowest BCUT2D eigenvalue weighted by Crippen LogP contribution is -2.29. The minimum absolute atomic E-state index is 0.117. The Hall–Kier alpha value is -3.05. The van der Waals surface area contributed by atoms with E-state index in [0.29, 0.717) is 37.8 Å². The number of halogens is 2.